The molecule has 0 spiro atoms. The Morgan fingerprint density at radius 3 is 2.36 bits per heavy atom. The fourth-order valence-corrected chi connectivity index (χ4v) is 3.44. The molecule has 0 fully saturated rings. The third-order valence-corrected chi connectivity index (χ3v) is 4.87. The van der Waals surface area contributed by atoms with Gasteiger partial charge in [0.1, 0.15) is 6.17 Å². The molecule has 5 heteroatoms. The number of nitrogens with one attached hydrogen (secondary N) is 2. The second-order valence-corrected chi connectivity index (χ2v) is 6.62. The number of carbonyl (C=O) groups excluding carboxylic acids is 1. The van der Waals surface area contributed by atoms with E-state index in [1.165, 1.54) is 0 Å². The molecular weight excluding hydrogens is 378 g/mol. The lowest BCUT2D eigenvalue weighted by molar-refractivity contribution is 0.0732. The molecule has 25 heavy (non-hydrogen) atoms. The van der Waals surface area contributed by atoms with E-state index >= 15 is 0 Å². The SMILES string of the molecule is O=C1c2ccccc2NC(c2ccccc2Br)N1Nc1ccccc1. The van der Waals surface area contributed by atoms with E-state index in [2.05, 4.69) is 26.7 Å². The van der Waals surface area contributed by atoms with Gasteiger partial charge in [0, 0.05) is 15.7 Å². The van der Waals surface area contributed by atoms with Gasteiger partial charge >= 0.3 is 0 Å². The van der Waals surface area contributed by atoms with Crippen LogP contribution in [0.25, 0.3) is 0 Å². The number of anilines is 2. The number of benzene rings is 3. The van der Waals surface area contributed by atoms with Crippen molar-refractivity contribution in [1.82, 2.24) is 5.01 Å². The molecule has 1 unspecified atom stereocenters. The number of nitrogens with zero attached hydrogens (tertiary/aromatic N) is 1. The van der Waals surface area contributed by atoms with E-state index in [9.17, 15) is 4.79 Å². The first-order chi connectivity index (χ1) is 12.2. The van der Waals surface area contributed by atoms with Gasteiger partial charge in [-0.25, -0.2) is 5.01 Å². The van der Waals surface area contributed by atoms with Crippen molar-refractivity contribution in [3.05, 3.63) is 94.5 Å². The van der Waals surface area contributed by atoms with Crippen LogP contribution >= 0.6 is 15.9 Å². The maximum absolute atomic E-state index is 13.1. The lowest BCUT2D eigenvalue weighted by Crippen LogP contribution is -2.46. The Kier molecular flexibility index (Phi) is 4.15. The number of amides is 1. The van der Waals surface area contributed by atoms with Crippen molar-refractivity contribution in [3.8, 4) is 0 Å². The number of hydrogen-bond donors (Lipinski definition) is 2. The van der Waals surface area contributed by atoms with Gasteiger partial charge in [-0.05, 0) is 30.3 Å². The molecule has 1 amide bonds. The van der Waals surface area contributed by atoms with Crippen molar-refractivity contribution in [3.63, 3.8) is 0 Å². The number of hydrazine groups is 1. The van der Waals surface area contributed by atoms with Gasteiger partial charge in [0.15, 0.2) is 0 Å². The molecule has 0 aliphatic carbocycles. The zero-order chi connectivity index (χ0) is 17.2. The Balaban J connectivity index is 1.79. The highest BCUT2D eigenvalue weighted by molar-refractivity contribution is 9.10. The van der Waals surface area contributed by atoms with Crippen LogP contribution in [0.2, 0.25) is 0 Å². The molecule has 0 radical (unpaired) electrons. The number of fused-ring (bicyclic) bond motifs is 1. The van der Waals surface area contributed by atoms with Crippen LogP contribution in [0.1, 0.15) is 22.1 Å². The molecule has 1 heterocycles. The van der Waals surface area contributed by atoms with Crippen LogP contribution in [0.3, 0.4) is 0 Å². The van der Waals surface area contributed by atoms with E-state index in [0.717, 1.165) is 21.4 Å². The standard InChI is InChI=1S/C20H16BrN3O/c21-17-12-6-4-10-15(17)19-22-18-13-7-5-11-16(18)20(25)24(19)23-14-8-2-1-3-9-14/h1-13,19,22-23H. The molecule has 1 atom stereocenters. The van der Waals surface area contributed by atoms with Gasteiger partial charge in [-0.3, -0.25) is 10.2 Å². The van der Waals surface area contributed by atoms with E-state index in [1.807, 2.05) is 78.9 Å². The molecule has 3 aromatic rings. The molecule has 3 aromatic carbocycles. The van der Waals surface area contributed by atoms with E-state index in [4.69, 9.17) is 0 Å². The molecule has 0 aromatic heterocycles. The topological polar surface area (TPSA) is 44.4 Å². The first-order valence-electron chi connectivity index (χ1n) is 7.99. The molecule has 1 aliphatic heterocycles. The summed E-state index contributed by atoms with van der Waals surface area (Å²) in [6, 6.07) is 25.2. The average molecular weight is 394 g/mol. The van der Waals surface area contributed by atoms with Crippen LogP contribution in [-0.2, 0) is 0 Å². The van der Waals surface area contributed by atoms with Crippen LogP contribution in [0.5, 0.6) is 0 Å². The average Bonchev–Trinajstić information content (AvgIpc) is 2.65. The van der Waals surface area contributed by atoms with Crippen molar-refractivity contribution >= 4 is 33.2 Å². The first-order valence-corrected chi connectivity index (χ1v) is 8.78. The van der Waals surface area contributed by atoms with Crippen LogP contribution in [-0.4, -0.2) is 10.9 Å². The minimum absolute atomic E-state index is 0.0704. The summed E-state index contributed by atoms with van der Waals surface area (Å²) >= 11 is 3.60. The highest BCUT2D eigenvalue weighted by Gasteiger charge is 2.34. The fraction of sp³-hybridized carbons (Fsp3) is 0.0500. The summed E-state index contributed by atoms with van der Waals surface area (Å²) in [6.45, 7) is 0. The molecule has 1 aliphatic rings. The summed E-state index contributed by atoms with van der Waals surface area (Å²) in [5.41, 5.74) is 6.56. The van der Waals surface area contributed by atoms with Crippen molar-refractivity contribution in [2.24, 2.45) is 0 Å². The van der Waals surface area contributed by atoms with Gasteiger partial charge in [-0.15, -0.1) is 0 Å². The molecule has 2 N–H and O–H groups in total. The monoisotopic (exact) mass is 393 g/mol. The summed E-state index contributed by atoms with van der Waals surface area (Å²) in [5.74, 6) is -0.0704. The molecule has 4 rings (SSSR count). The summed E-state index contributed by atoms with van der Waals surface area (Å²) in [6.07, 6.45) is -0.335. The molecular formula is C20H16BrN3O. The van der Waals surface area contributed by atoms with E-state index in [0.29, 0.717) is 5.56 Å². The Hall–Kier alpha value is -2.79. The van der Waals surface area contributed by atoms with Crippen molar-refractivity contribution in [1.29, 1.82) is 0 Å². The normalized spacial score (nSPS) is 16.1. The summed E-state index contributed by atoms with van der Waals surface area (Å²) in [7, 11) is 0. The molecule has 0 saturated heterocycles. The van der Waals surface area contributed by atoms with Crippen LogP contribution in [0, 0.1) is 0 Å². The summed E-state index contributed by atoms with van der Waals surface area (Å²) in [4.78, 5) is 13.1. The van der Waals surface area contributed by atoms with Gasteiger partial charge in [0.2, 0.25) is 0 Å². The van der Waals surface area contributed by atoms with Gasteiger partial charge in [0.25, 0.3) is 5.91 Å². The third kappa shape index (κ3) is 2.98. The third-order valence-electron chi connectivity index (χ3n) is 4.15. The van der Waals surface area contributed by atoms with Crippen molar-refractivity contribution < 1.29 is 4.79 Å². The van der Waals surface area contributed by atoms with Crippen LogP contribution in [0.4, 0.5) is 11.4 Å². The fourth-order valence-electron chi connectivity index (χ4n) is 2.94. The Morgan fingerprint density at radius 2 is 1.56 bits per heavy atom. The second-order valence-electron chi connectivity index (χ2n) is 5.77. The minimum Gasteiger partial charge on any atom is -0.359 e. The van der Waals surface area contributed by atoms with Gasteiger partial charge in [0.05, 0.1) is 11.3 Å². The minimum atomic E-state index is -0.335. The van der Waals surface area contributed by atoms with E-state index in [1.54, 1.807) is 5.01 Å². The van der Waals surface area contributed by atoms with Crippen molar-refractivity contribution in [2.45, 2.75) is 6.17 Å². The Labute approximate surface area is 154 Å². The largest absolute Gasteiger partial charge is 0.359 e. The van der Waals surface area contributed by atoms with Gasteiger partial charge in [-0.1, -0.05) is 64.5 Å². The zero-order valence-electron chi connectivity index (χ0n) is 13.3. The summed E-state index contributed by atoms with van der Waals surface area (Å²) < 4.78 is 0.944. The van der Waals surface area contributed by atoms with Crippen molar-refractivity contribution in [2.75, 3.05) is 10.7 Å². The van der Waals surface area contributed by atoms with E-state index < -0.39 is 0 Å². The van der Waals surface area contributed by atoms with E-state index in [-0.39, 0.29) is 12.1 Å². The molecule has 4 nitrogen and oxygen atoms in total. The number of halogens is 1. The molecule has 0 saturated carbocycles. The number of carbonyl (C=O) groups is 1. The van der Waals surface area contributed by atoms with Gasteiger partial charge in [-0.2, -0.15) is 0 Å². The maximum Gasteiger partial charge on any atom is 0.276 e. The van der Waals surface area contributed by atoms with Crippen LogP contribution < -0.4 is 10.7 Å². The highest BCUT2D eigenvalue weighted by Crippen LogP contribution is 2.35. The summed E-state index contributed by atoms with van der Waals surface area (Å²) in [5, 5.41) is 5.10. The van der Waals surface area contributed by atoms with Gasteiger partial charge < -0.3 is 5.32 Å². The lowest BCUT2D eigenvalue weighted by atomic mass is 10.0. The lowest BCUT2D eigenvalue weighted by Gasteiger charge is -2.38. The Morgan fingerprint density at radius 1 is 0.880 bits per heavy atom. The zero-order valence-corrected chi connectivity index (χ0v) is 14.9. The Bertz CT molecular complexity index is 914. The quantitative estimate of drug-likeness (QED) is 0.654. The first kappa shape index (κ1) is 15.7. The van der Waals surface area contributed by atoms with Crippen LogP contribution in [0.15, 0.2) is 83.3 Å². The second kappa shape index (κ2) is 6.61. The number of rotatable bonds is 3. The highest BCUT2D eigenvalue weighted by atomic mass is 79.9. The predicted molar refractivity (Wildman–Crippen MR) is 103 cm³/mol. The molecule has 0 bridgehead atoms. The predicted octanol–water partition coefficient (Wildman–Crippen LogP) is 5.04. The maximum atomic E-state index is 13.1. The number of para-hydroxylation sites is 2. The number of hydrogen-bond acceptors (Lipinski definition) is 3. The smallest absolute Gasteiger partial charge is 0.276 e. The molecule has 124 valence electrons.